The molecule has 0 radical (unpaired) electrons. The fraction of sp³-hybridized carbons (Fsp3) is 0.800. The number of aliphatic carboxylic acids is 2. The predicted molar refractivity (Wildman–Crippen MR) is 52.1 cm³/mol. The molecule has 0 saturated carbocycles. The molecule has 0 saturated heterocycles. The molecule has 4 heteroatoms. The Hall–Kier alpha value is -1.06. The molecule has 0 aromatic rings. The third kappa shape index (κ3) is 3.36. The first-order chi connectivity index (χ1) is 6.30. The van der Waals surface area contributed by atoms with Crippen molar-refractivity contribution in [2.45, 2.75) is 40.0 Å². The van der Waals surface area contributed by atoms with Crippen molar-refractivity contribution >= 4 is 11.9 Å². The van der Waals surface area contributed by atoms with Crippen LogP contribution < -0.4 is 0 Å². The summed E-state index contributed by atoms with van der Waals surface area (Å²) in [4.78, 5) is 21.3. The largest absolute Gasteiger partial charge is 0.481 e. The molecular formula is C10H18O4. The normalized spacial score (nSPS) is 15.1. The monoisotopic (exact) mass is 202 g/mol. The highest BCUT2D eigenvalue weighted by atomic mass is 16.4. The maximum Gasteiger partial charge on any atom is 0.309 e. The fourth-order valence-electron chi connectivity index (χ4n) is 1.25. The number of carboxylic acid groups (broad SMARTS) is 2. The van der Waals surface area contributed by atoms with Crippen molar-refractivity contribution in [2.24, 2.45) is 11.3 Å². The van der Waals surface area contributed by atoms with Gasteiger partial charge in [0.15, 0.2) is 0 Å². The molecule has 0 aromatic heterocycles. The van der Waals surface area contributed by atoms with E-state index in [0.717, 1.165) is 0 Å². The third-order valence-electron chi connectivity index (χ3n) is 2.85. The zero-order chi connectivity index (χ0) is 11.4. The summed E-state index contributed by atoms with van der Waals surface area (Å²) in [6, 6.07) is 0. The molecule has 4 nitrogen and oxygen atoms in total. The second-order valence-corrected chi connectivity index (χ2v) is 4.12. The first kappa shape index (κ1) is 12.9. The summed E-state index contributed by atoms with van der Waals surface area (Å²) in [6.07, 6.45) is 0.859. The van der Waals surface area contributed by atoms with Gasteiger partial charge < -0.3 is 10.2 Å². The molecular weight excluding hydrogens is 184 g/mol. The van der Waals surface area contributed by atoms with E-state index in [9.17, 15) is 9.59 Å². The Balaban J connectivity index is 4.25. The zero-order valence-electron chi connectivity index (χ0n) is 8.91. The molecule has 82 valence electrons. The maximum absolute atomic E-state index is 11.0. The zero-order valence-corrected chi connectivity index (χ0v) is 8.91. The van der Waals surface area contributed by atoms with Gasteiger partial charge in [0.1, 0.15) is 0 Å². The van der Waals surface area contributed by atoms with Gasteiger partial charge in [-0.2, -0.15) is 0 Å². The molecule has 0 aliphatic carbocycles. The smallest absolute Gasteiger partial charge is 0.309 e. The van der Waals surface area contributed by atoms with Crippen LogP contribution in [-0.2, 0) is 9.59 Å². The lowest BCUT2D eigenvalue weighted by molar-refractivity contribution is -0.151. The third-order valence-corrected chi connectivity index (χ3v) is 2.85. The highest BCUT2D eigenvalue weighted by Gasteiger charge is 2.35. The number of carboxylic acids is 2. The predicted octanol–water partition coefficient (Wildman–Crippen LogP) is 1.99. The summed E-state index contributed by atoms with van der Waals surface area (Å²) in [5.74, 6) is -1.71. The van der Waals surface area contributed by atoms with Gasteiger partial charge in [-0.05, 0) is 25.7 Å². The van der Waals surface area contributed by atoms with Crippen molar-refractivity contribution in [3.8, 4) is 0 Å². The maximum atomic E-state index is 11.0. The van der Waals surface area contributed by atoms with Crippen LogP contribution in [-0.4, -0.2) is 22.2 Å². The van der Waals surface area contributed by atoms with Crippen molar-refractivity contribution < 1.29 is 19.8 Å². The summed E-state index contributed by atoms with van der Waals surface area (Å²) in [5, 5.41) is 17.5. The lowest BCUT2D eigenvalue weighted by Crippen LogP contribution is -2.33. The van der Waals surface area contributed by atoms with Crippen molar-refractivity contribution in [2.75, 3.05) is 0 Å². The summed E-state index contributed by atoms with van der Waals surface area (Å²) >= 11 is 0. The Morgan fingerprint density at radius 3 is 2.07 bits per heavy atom. The number of carbonyl (C=O) groups is 2. The molecule has 0 spiro atoms. The lowest BCUT2D eigenvalue weighted by atomic mass is 9.75. The Labute approximate surface area is 83.9 Å². The van der Waals surface area contributed by atoms with Gasteiger partial charge >= 0.3 is 11.9 Å². The standard InChI is InChI=1S/C10H18O4/c1-7(2)10(3,9(13)14)6-4-5-8(11)12/h7H,4-6H2,1-3H3,(H,11,12)(H,13,14). The van der Waals surface area contributed by atoms with Crippen molar-refractivity contribution in [1.82, 2.24) is 0 Å². The van der Waals surface area contributed by atoms with Gasteiger partial charge in [0.25, 0.3) is 0 Å². The van der Waals surface area contributed by atoms with Gasteiger partial charge in [0.2, 0.25) is 0 Å². The summed E-state index contributed by atoms with van der Waals surface area (Å²) in [6.45, 7) is 5.35. The molecule has 0 aromatic carbocycles. The molecule has 0 aliphatic rings. The molecule has 0 fully saturated rings. The minimum atomic E-state index is -0.874. The van der Waals surface area contributed by atoms with Crippen LogP contribution in [0.15, 0.2) is 0 Å². The topological polar surface area (TPSA) is 74.6 Å². The fourth-order valence-corrected chi connectivity index (χ4v) is 1.25. The van der Waals surface area contributed by atoms with E-state index >= 15 is 0 Å². The summed E-state index contributed by atoms with van der Waals surface area (Å²) < 4.78 is 0. The SMILES string of the molecule is CC(C)C(C)(CCCC(=O)O)C(=O)O. The van der Waals surface area contributed by atoms with Crippen LogP contribution in [0.2, 0.25) is 0 Å². The van der Waals surface area contributed by atoms with E-state index < -0.39 is 17.4 Å². The Morgan fingerprint density at radius 1 is 1.29 bits per heavy atom. The first-order valence-electron chi connectivity index (χ1n) is 4.76. The Bertz CT molecular complexity index is 222. The van der Waals surface area contributed by atoms with Gasteiger partial charge in [-0.3, -0.25) is 9.59 Å². The molecule has 1 unspecified atom stereocenters. The molecule has 14 heavy (non-hydrogen) atoms. The first-order valence-corrected chi connectivity index (χ1v) is 4.76. The highest BCUT2D eigenvalue weighted by Crippen LogP contribution is 2.33. The van der Waals surface area contributed by atoms with Crippen LogP contribution >= 0.6 is 0 Å². The number of rotatable bonds is 6. The summed E-state index contributed by atoms with van der Waals surface area (Å²) in [5.41, 5.74) is -0.810. The molecule has 0 bridgehead atoms. The second-order valence-electron chi connectivity index (χ2n) is 4.12. The van der Waals surface area contributed by atoms with Crippen LogP contribution in [0.25, 0.3) is 0 Å². The van der Waals surface area contributed by atoms with Gasteiger partial charge in [-0.1, -0.05) is 13.8 Å². The van der Waals surface area contributed by atoms with Crippen LogP contribution in [0.4, 0.5) is 0 Å². The van der Waals surface area contributed by atoms with Gasteiger partial charge in [0, 0.05) is 6.42 Å². The van der Waals surface area contributed by atoms with Gasteiger partial charge in [0.05, 0.1) is 5.41 Å². The Kier molecular flexibility index (Phi) is 4.60. The van der Waals surface area contributed by atoms with E-state index in [0.29, 0.717) is 12.8 Å². The van der Waals surface area contributed by atoms with E-state index in [4.69, 9.17) is 10.2 Å². The minimum absolute atomic E-state index is 0.00814. The van der Waals surface area contributed by atoms with Crippen LogP contribution in [0.5, 0.6) is 0 Å². The number of hydrogen-bond acceptors (Lipinski definition) is 2. The van der Waals surface area contributed by atoms with Crippen molar-refractivity contribution in [3.63, 3.8) is 0 Å². The molecule has 0 amide bonds. The van der Waals surface area contributed by atoms with Gasteiger partial charge in [-0.25, -0.2) is 0 Å². The van der Waals surface area contributed by atoms with E-state index in [-0.39, 0.29) is 12.3 Å². The van der Waals surface area contributed by atoms with Crippen LogP contribution in [0.3, 0.4) is 0 Å². The van der Waals surface area contributed by atoms with Gasteiger partial charge in [-0.15, -0.1) is 0 Å². The van der Waals surface area contributed by atoms with Crippen LogP contribution in [0, 0.1) is 11.3 Å². The van der Waals surface area contributed by atoms with E-state index in [1.165, 1.54) is 0 Å². The van der Waals surface area contributed by atoms with E-state index in [2.05, 4.69) is 0 Å². The minimum Gasteiger partial charge on any atom is -0.481 e. The average molecular weight is 202 g/mol. The van der Waals surface area contributed by atoms with Crippen molar-refractivity contribution in [3.05, 3.63) is 0 Å². The molecule has 0 heterocycles. The highest BCUT2D eigenvalue weighted by molar-refractivity contribution is 5.74. The molecule has 2 N–H and O–H groups in total. The molecule has 0 rings (SSSR count). The molecule has 0 aliphatic heterocycles. The second kappa shape index (κ2) is 4.98. The van der Waals surface area contributed by atoms with Crippen molar-refractivity contribution in [1.29, 1.82) is 0 Å². The quantitative estimate of drug-likeness (QED) is 0.690. The summed E-state index contributed by atoms with van der Waals surface area (Å²) in [7, 11) is 0. The average Bonchev–Trinajstić information content (AvgIpc) is 2.02. The Morgan fingerprint density at radius 2 is 1.79 bits per heavy atom. The lowest BCUT2D eigenvalue weighted by Gasteiger charge is -2.28. The number of hydrogen-bond donors (Lipinski definition) is 2. The van der Waals surface area contributed by atoms with E-state index in [1.807, 2.05) is 13.8 Å². The van der Waals surface area contributed by atoms with Crippen LogP contribution in [0.1, 0.15) is 40.0 Å². The van der Waals surface area contributed by atoms with E-state index in [1.54, 1.807) is 6.92 Å². The molecule has 1 atom stereocenters.